The number of nitrogens with zero attached hydrogens (tertiary/aromatic N) is 3. The Morgan fingerprint density at radius 1 is 1.41 bits per heavy atom. The number of hydrogen-bond acceptors (Lipinski definition) is 8. The van der Waals surface area contributed by atoms with Crippen molar-refractivity contribution in [1.82, 2.24) is 19.9 Å². The number of aliphatic hydroxyl groups excluding tert-OH is 2. The fraction of sp³-hybridized carbons (Fsp3) is 0.588. The minimum absolute atomic E-state index is 0.158. The second-order valence-electron chi connectivity index (χ2n) is 6.91. The molecule has 3 rings (SSSR count). The van der Waals surface area contributed by atoms with Crippen LogP contribution in [0.1, 0.15) is 18.9 Å². The van der Waals surface area contributed by atoms with Crippen LogP contribution in [0, 0.1) is 5.92 Å². The average Bonchev–Trinajstić information content (AvgIpc) is 3.20. The Kier molecular flexibility index (Phi) is 5.90. The lowest BCUT2D eigenvalue weighted by molar-refractivity contribution is -0.138. The van der Waals surface area contributed by atoms with Gasteiger partial charge in [-0.1, -0.05) is 0 Å². The molecule has 1 saturated carbocycles. The Hall–Kier alpha value is -2.27. The third-order valence-corrected chi connectivity index (χ3v) is 5.23. The van der Waals surface area contributed by atoms with Crippen molar-refractivity contribution in [3.63, 3.8) is 0 Å². The van der Waals surface area contributed by atoms with Crippen molar-refractivity contribution in [3.8, 4) is 0 Å². The molecule has 1 fully saturated rings. The highest BCUT2D eigenvalue weighted by Crippen LogP contribution is 2.37. The molecule has 0 radical (unpaired) electrons. The van der Waals surface area contributed by atoms with Crippen LogP contribution in [0.15, 0.2) is 18.6 Å². The SMILES string of the molecule is CNc1ncnc2c1ccn2[C@@H]1C[C@H](CNCC[C@H](N)C(=O)O)[C@@H](O)[C@H]1O. The maximum absolute atomic E-state index is 10.7. The number of aliphatic hydroxyl groups is 2. The molecule has 2 aromatic rings. The fourth-order valence-electron chi connectivity index (χ4n) is 3.68. The van der Waals surface area contributed by atoms with Gasteiger partial charge in [0, 0.05) is 25.7 Å². The summed E-state index contributed by atoms with van der Waals surface area (Å²) in [5.41, 5.74) is 6.17. The summed E-state index contributed by atoms with van der Waals surface area (Å²) in [6.45, 7) is 0.902. The van der Waals surface area contributed by atoms with Gasteiger partial charge in [0.15, 0.2) is 0 Å². The number of fused-ring (bicyclic) bond motifs is 1. The van der Waals surface area contributed by atoms with Crippen molar-refractivity contribution in [2.45, 2.75) is 37.1 Å². The summed E-state index contributed by atoms with van der Waals surface area (Å²) in [4.78, 5) is 19.2. The van der Waals surface area contributed by atoms with Crippen molar-refractivity contribution < 1.29 is 20.1 Å². The van der Waals surface area contributed by atoms with Gasteiger partial charge in [-0.15, -0.1) is 0 Å². The van der Waals surface area contributed by atoms with E-state index in [0.717, 1.165) is 5.39 Å². The first kappa shape index (κ1) is 19.5. The van der Waals surface area contributed by atoms with Crippen LogP contribution in [0.5, 0.6) is 0 Å². The maximum atomic E-state index is 10.7. The lowest BCUT2D eigenvalue weighted by Gasteiger charge is -2.19. The van der Waals surface area contributed by atoms with E-state index in [-0.39, 0.29) is 12.0 Å². The summed E-state index contributed by atoms with van der Waals surface area (Å²) in [5, 5.41) is 36.8. The number of aliphatic carboxylic acids is 1. The number of anilines is 1. The van der Waals surface area contributed by atoms with Crippen LogP contribution in [0.25, 0.3) is 11.0 Å². The van der Waals surface area contributed by atoms with Gasteiger partial charge in [-0.25, -0.2) is 9.97 Å². The topological polar surface area (TPSA) is 159 Å². The molecule has 0 spiro atoms. The van der Waals surface area contributed by atoms with E-state index in [1.54, 1.807) is 7.05 Å². The van der Waals surface area contributed by atoms with Gasteiger partial charge in [0.1, 0.15) is 29.9 Å². The minimum Gasteiger partial charge on any atom is -0.480 e. The molecule has 7 N–H and O–H groups in total. The van der Waals surface area contributed by atoms with Crippen LogP contribution >= 0.6 is 0 Å². The van der Waals surface area contributed by atoms with Gasteiger partial charge >= 0.3 is 5.97 Å². The number of carboxylic acid groups (broad SMARTS) is 1. The van der Waals surface area contributed by atoms with E-state index in [0.29, 0.717) is 37.4 Å². The number of carboxylic acids is 1. The first-order valence-electron chi connectivity index (χ1n) is 8.98. The third kappa shape index (κ3) is 3.88. The smallest absolute Gasteiger partial charge is 0.320 e. The van der Waals surface area contributed by atoms with Gasteiger partial charge in [0.05, 0.1) is 17.5 Å². The van der Waals surface area contributed by atoms with Crippen molar-refractivity contribution >= 4 is 22.8 Å². The molecule has 0 amide bonds. The van der Waals surface area contributed by atoms with Gasteiger partial charge in [0.2, 0.25) is 0 Å². The molecule has 2 aromatic heterocycles. The van der Waals surface area contributed by atoms with Crippen LogP contribution in [0.2, 0.25) is 0 Å². The molecule has 0 unspecified atom stereocenters. The molecule has 5 atom stereocenters. The van der Waals surface area contributed by atoms with Gasteiger partial charge < -0.3 is 36.3 Å². The molecule has 10 heteroatoms. The highest BCUT2D eigenvalue weighted by molar-refractivity contribution is 5.87. The molecule has 10 nitrogen and oxygen atoms in total. The molecule has 0 aliphatic heterocycles. The molecule has 0 saturated heterocycles. The number of carbonyl (C=O) groups is 1. The summed E-state index contributed by atoms with van der Waals surface area (Å²) in [5.74, 6) is -0.482. The van der Waals surface area contributed by atoms with Crippen LogP contribution in [-0.2, 0) is 4.79 Å². The zero-order chi connectivity index (χ0) is 19.6. The Balaban J connectivity index is 1.66. The highest BCUT2D eigenvalue weighted by Gasteiger charge is 2.42. The lowest BCUT2D eigenvalue weighted by Crippen LogP contribution is -2.37. The zero-order valence-electron chi connectivity index (χ0n) is 15.1. The summed E-state index contributed by atoms with van der Waals surface area (Å²) < 4.78 is 1.88. The average molecular weight is 378 g/mol. The fourth-order valence-corrected chi connectivity index (χ4v) is 3.68. The predicted octanol–water partition coefficient (Wildman–Crippen LogP) is -0.853. The third-order valence-electron chi connectivity index (χ3n) is 5.23. The summed E-state index contributed by atoms with van der Waals surface area (Å²) in [6, 6.07) is 0.681. The number of nitrogens with two attached hydrogens (primary N) is 1. The van der Waals surface area contributed by atoms with E-state index in [9.17, 15) is 15.0 Å². The van der Waals surface area contributed by atoms with Crippen LogP contribution in [0.3, 0.4) is 0 Å². The first-order valence-corrected chi connectivity index (χ1v) is 8.98. The van der Waals surface area contributed by atoms with Gasteiger partial charge in [0.25, 0.3) is 0 Å². The molecule has 0 aromatic carbocycles. The van der Waals surface area contributed by atoms with Gasteiger partial charge in [-0.3, -0.25) is 4.79 Å². The van der Waals surface area contributed by atoms with E-state index < -0.39 is 24.2 Å². The largest absolute Gasteiger partial charge is 0.480 e. The number of aromatic nitrogens is 3. The Morgan fingerprint density at radius 2 is 2.19 bits per heavy atom. The summed E-state index contributed by atoms with van der Waals surface area (Å²) >= 11 is 0. The van der Waals surface area contributed by atoms with Gasteiger partial charge in [-0.05, 0) is 25.5 Å². The van der Waals surface area contributed by atoms with Crippen LogP contribution < -0.4 is 16.4 Å². The van der Waals surface area contributed by atoms with E-state index >= 15 is 0 Å². The molecule has 2 heterocycles. The lowest BCUT2D eigenvalue weighted by atomic mass is 10.1. The second-order valence-corrected chi connectivity index (χ2v) is 6.91. The van der Waals surface area contributed by atoms with E-state index in [2.05, 4.69) is 20.6 Å². The Labute approximate surface area is 156 Å². The second kappa shape index (κ2) is 8.17. The van der Waals surface area contributed by atoms with Crippen molar-refractivity contribution in [3.05, 3.63) is 18.6 Å². The van der Waals surface area contributed by atoms with E-state index in [1.165, 1.54) is 6.33 Å². The molecule has 1 aliphatic carbocycles. The molecular weight excluding hydrogens is 352 g/mol. The monoisotopic (exact) mass is 378 g/mol. The molecule has 1 aliphatic rings. The molecule has 148 valence electrons. The number of nitrogens with one attached hydrogen (secondary N) is 2. The quantitative estimate of drug-likeness (QED) is 0.322. The zero-order valence-corrected chi connectivity index (χ0v) is 15.1. The van der Waals surface area contributed by atoms with Crippen molar-refractivity contribution in [1.29, 1.82) is 0 Å². The predicted molar refractivity (Wildman–Crippen MR) is 99.3 cm³/mol. The first-order chi connectivity index (χ1) is 12.9. The van der Waals surface area contributed by atoms with Crippen LogP contribution in [-0.4, -0.2) is 74.2 Å². The maximum Gasteiger partial charge on any atom is 0.320 e. The Morgan fingerprint density at radius 3 is 2.89 bits per heavy atom. The molecule has 27 heavy (non-hydrogen) atoms. The normalized spacial score (nSPS) is 26.4. The minimum atomic E-state index is -1.03. The number of rotatable bonds is 8. The van der Waals surface area contributed by atoms with Crippen LogP contribution in [0.4, 0.5) is 5.82 Å². The molecular formula is C17H26N6O4. The highest BCUT2D eigenvalue weighted by atomic mass is 16.4. The van der Waals surface area contributed by atoms with Gasteiger partial charge in [-0.2, -0.15) is 0 Å². The summed E-state index contributed by atoms with van der Waals surface area (Å²) in [7, 11) is 1.78. The summed E-state index contributed by atoms with van der Waals surface area (Å²) in [6.07, 6.45) is 2.40. The standard InChI is InChI=1S/C17H26N6O4/c1-19-15-10-3-5-23(16(10)22-8-21-15)12-6-9(13(24)14(12)25)7-20-4-2-11(18)17(26)27/h3,5,8-9,11-14,20,24-25H,2,4,6-7,18H2,1H3,(H,26,27)(H,19,21,22)/t9-,11+,12-,13-,14+/m1/s1. The van der Waals surface area contributed by atoms with E-state index in [1.807, 2.05) is 16.8 Å². The van der Waals surface area contributed by atoms with Crippen molar-refractivity contribution in [2.75, 3.05) is 25.5 Å². The molecule has 0 bridgehead atoms. The van der Waals surface area contributed by atoms with E-state index in [4.69, 9.17) is 10.8 Å². The Bertz CT molecular complexity index is 797. The van der Waals surface area contributed by atoms with Crippen molar-refractivity contribution in [2.24, 2.45) is 11.7 Å². The number of hydrogen-bond donors (Lipinski definition) is 6.